The molecule has 0 fully saturated rings. The van der Waals surface area contributed by atoms with Crippen LogP contribution in [0.4, 0.5) is 5.69 Å². The van der Waals surface area contributed by atoms with E-state index in [9.17, 15) is 9.59 Å². The minimum atomic E-state index is -0.0774. The van der Waals surface area contributed by atoms with E-state index in [0.717, 1.165) is 16.3 Å². The summed E-state index contributed by atoms with van der Waals surface area (Å²) < 4.78 is 0. The van der Waals surface area contributed by atoms with E-state index in [1.807, 2.05) is 54.7 Å². The van der Waals surface area contributed by atoms with Crippen LogP contribution in [-0.2, 0) is 9.59 Å². The third-order valence-electron chi connectivity index (χ3n) is 4.58. The van der Waals surface area contributed by atoms with Crippen molar-refractivity contribution in [1.29, 1.82) is 0 Å². The minimum Gasteiger partial charge on any atom is -0.354 e. The molecule has 5 nitrogen and oxygen atoms in total. The van der Waals surface area contributed by atoms with Crippen LogP contribution in [0.25, 0.3) is 0 Å². The lowest BCUT2D eigenvalue weighted by molar-refractivity contribution is -0.125. The number of thioether (sulfide) groups is 1. The average Bonchev–Trinajstić information content (AvgIpc) is 3.20. The zero-order valence-electron chi connectivity index (χ0n) is 15.7. The Bertz CT molecular complexity index is 777. The summed E-state index contributed by atoms with van der Waals surface area (Å²) in [5.41, 5.74) is 0.963. The van der Waals surface area contributed by atoms with Crippen LogP contribution in [0.1, 0.15) is 23.8 Å². The largest absolute Gasteiger partial charge is 0.354 e. The van der Waals surface area contributed by atoms with Crippen molar-refractivity contribution in [2.45, 2.75) is 23.8 Å². The Balaban J connectivity index is 1.50. The number of nitrogens with one attached hydrogen (secondary N) is 1. The van der Waals surface area contributed by atoms with Gasteiger partial charge in [-0.25, -0.2) is 0 Å². The molecule has 0 radical (unpaired) electrons. The fraction of sp³-hybridized carbons (Fsp3) is 0.400. The van der Waals surface area contributed by atoms with E-state index >= 15 is 0 Å². The molecular formula is C20H25N3O2S2. The number of fused-ring (bicyclic) bond motifs is 1. The first-order valence-corrected chi connectivity index (χ1v) is 10.9. The van der Waals surface area contributed by atoms with Gasteiger partial charge in [-0.15, -0.1) is 23.1 Å². The van der Waals surface area contributed by atoms with Gasteiger partial charge in [0, 0.05) is 41.5 Å². The highest BCUT2D eigenvalue weighted by molar-refractivity contribution is 7.99. The Morgan fingerprint density at radius 2 is 2.00 bits per heavy atom. The number of amides is 2. The Morgan fingerprint density at radius 1 is 1.19 bits per heavy atom. The molecule has 1 atom stereocenters. The number of carbonyl (C=O) groups excluding carboxylic acids is 2. The Labute approximate surface area is 168 Å². The first-order chi connectivity index (χ1) is 13.1. The maximum Gasteiger partial charge on any atom is 0.227 e. The lowest BCUT2D eigenvalue weighted by Crippen LogP contribution is -2.37. The Kier molecular flexibility index (Phi) is 6.93. The van der Waals surface area contributed by atoms with Gasteiger partial charge in [-0.2, -0.15) is 0 Å². The van der Waals surface area contributed by atoms with Gasteiger partial charge in [0.1, 0.15) is 0 Å². The summed E-state index contributed by atoms with van der Waals surface area (Å²) in [6.45, 7) is 1.24. The standard InChI is InChI=1S/C20H25N3O2S2/c1-22(2)16(18-8-5-12-26-18)14-21-19(24)9-10-20(25)23-11-13-27-17-7-4-3-6-15(17)23/h3-8,12,16H,9-11,13-14H2,1-2H3,(H,21,24). The quantitative estimate of drug-likeness (QED) is 0.770. The van der Waals surface area contributed by atoms with E-state index in [4.69, 9.17) is 0 Å². The topological polar surface area (TPSA) is 52.7 Å². The number of hydrogen-bond acceptors (Lipinski definition) is 5. The maximum atomic E-state index is 12.6. The molecule has 7 heteroatoms. The fourth-order valence-corrected chi connectivity index (χ4v) is 5.02. The second-order valence-electron chi connectivity index (χ2n) is 6.66. The Morgan fingerprint density at radius 3 is 2.74 bits per heavy atom. The summed E-state index contributed by atoms with van der Waals surface area (Å²) in [6.07, 6.45) is 0.450. The number of carbonyl (C=O) groups is 2. The number of hydrogen-bond donors (Lipinski definition) is 1. The molecule has 0 saturated carbocycles. The summed E-state index contributed by atoms with van der Waals surface area (Å²) in [7, 11) is 4.01. The van der Waals surface area contributed by atoms with E-state index in [0.29, 0.717) is 13.1 Å². The van der Waals surface area contributed by atoms with Crippen molar-refractivity contribution in [2.24, 2.45) is 0 Å². The van der Waals surface area contributed by atoms with Crippen molar-refractivity contribution in [3.8, 4) is 0 Å². The fourth-order valence-electron chi connectivity index (χ4n) is 3.10. The SMILES string of the molecule is CN(C)C(CNC(=O)CCC(=O)N1CCSc2ccccc21)c1cccs1. The molecule has 0 spiro atoms. The summed E-state index contributed by atoms with van der Waals surface area (Å²) in [6, 6.07) is 12.2. The molecule has 2 heterocycles. The smallest absolute Gasteiger partial charge is 0.227 e. The van der Waals surface area contributed by atoms with Crippen molar-refractivity contribution in [3.63, 3.8) is 0 Å². The zero-order valence-corrected chi connectivity index (χ0v) is 17.3. The summed E-state index contributed by atoms with van der Waals surface area (Å²) in [5.74, 6) is 0.826. The van der Waals surface area contributed by atoms with Gasteiger partial charge in [0.25, 0.3) is 0 Å². The molecule has 0 bridgehead atoms. The number of nitrogens with zero attached hydrogens (tertiary/aromatic N) is 2. The number of thiophene rings is 1. The minimum absolute atomic E-state index is 0.0142. The monoisotopic (exact) mass is 403 g/mol. The van der Waals surface area contributed by atoms with E-state index in [1.54, 1.807) is 23.1 Å². The zero-order chi connectivity index (χ0) is 19.2. The molecule has 1 N–H and O–H groups in total. The van der Waals surface area contributed by atoms with E-state index < -0.39 is 0 Å². The van der Waals surface area contributed by atoms with Gasteiger partial charge in [0.2, 0.25) is 11.8 Å². The normalized spacial score (nSPS) is 14.7. The molecule has 1 aliphatic heterocycles. The van der Waals surface area contributed by atoms with Gasteiger partial charge >= 0.3 is 0 Å². The van der Waals surface area contributed by atoms with Crippen LogP contribution in [0.3, 0.4) is 0 Å². The second-order valence-corrected chi connectivity index (χ2v) is 8.78. The number of likely N-dealkylation sites (N-methyl/N-ethyl adjacent to an activating group) is 1. The maximum absolute atomic E-state index is 12.6. The molecule has 3 rings (SSSR count). The highest BCUT2D eigenvalue weighted by Crippen LogP contribution is 2.34. The number of benzene rings is 1. The summed E-state index contributed by atoms with van der Waals surface area (Å²) in [4.78, 5) is 31.2. The van der Waals surface area contributed by atoms with Gasteiger partial charge in [0.05, 0.1) is 11.7 Å². The number of para-hydroxylation sites is 1. The third kappa shape index (κ3) is 5.12. The van der Waals surface area contributed by atoms with Crippen molar-refractivity contribution in [3.05, 3.63) is 46.7 Å². The molecule has 1 aromatic carbocycles. The predicted molar refractivity (Wildman–Crippen MR) is 113 cm³/mol. The first-order valence-electron chi connectivity index (χ1n) is 9.05. The second kappa shape index (κ2) is 9.39. The summed E-state index contributed by atoms with van der Waals surface area (Å²) in [5, 5.41) is 5.02. The number of anilines is 1. The van der Waals surface area contributed by atoms with Crippen molar-refractivity contribution in [1.82, 2.24) is 10.2 Å². The van der Waals surface area contributed by atoms with Crippen LogP contribution in [0, 0.1) is 0 Å². The summed E-state index contributed by atoms with van der Waals surface area (Å²) >= 11 is 3.46. The molecule has 2 amide bonds. The Hall–Kier alpha value is -1.83. The molecule has 1 aromatic heterocycles. The van der Waals surface area contributed by atoms with Crippen LogP contribution < -0.4 is 10.2 Å². The van der Waals surface area contributed by atoms with Gasteiger partial charge in [-0.1, -0.05) is 18.2 Å². The van der Waals surface area contributed by atoms with Crippen molar-refractivity contribution < 1.29 is 9.59 Å². The van der Waals surface area contributed by atoms with Crippen LogP contribution in [0.15, 0.2) is 46.7 Å². The van der Waals surface area contributed by atoms with Gasteiger partial charge < -0.3 is 15.1 Å². The molecular weight excluding hydrogens is 378 g/mol. The highest BCUT2D eigenvalue weighted by Gasteiger charge is 2.23. The molecule has 144 valence electrons. The lowest BCUT2D eigenvalue weighted by atomic mass is 10.2. The van der Waals surface area contributed by atoms with Gasteiger partial charge in [-0.05, 0) is 37.7 Å². The van der Waals surface area contributed by atoms with E-state index in [2.05, 4.69) is 16.3 Å². The van der Waals surface area contributed by atoms with Crippen molar-refractivity contribution in [2.75, 3.05) is 37.8 Å². The molecule has 0 aliphatic carbocycles. The first kappa shape index (κ1) is 19.9. The number of rotatable bonds is 7. The predicted octanol–water partition coefficient (Wildman–Crippen LogP) is 3.39. The third-order valence-corrected chi connectivity index (χ3v) is 6.60. The van der Waals surface area contributed by atoms with Gasteiger partial charge in [-0.3, -0.25) is 9.59 Å². The lowest BCUT2D eigenvalue weighted by Gasteiger charge is -2.29. The van der Waals surface area contributed by atoms with Crippen LogP contribution >= 0.6 is 23.1 Å². The molecule has 2 aromatic rings. The van der Waals surface area contributed by atoms with Crippen LogP contribution in [0.2, 0.25) is 0 Å². The molecule has 1 unspecified atom stereocenters. The average molecular weight is 404 g/mol. The molecule has 0 saturated heterocycles. The van der Waals surface area contributed by atoms with Crippen LogP contribution in [-0.4, -0.2) is 49.7 Å². The molecule has 1 aliphatic rings. The van der Waals surface area contributed by atoms with Gasteiger partial charge in [0.15, 0.2) is 0 Å². The highest BCUT2D eigenvalue weighted by atomic mass is 32.2. The van der Waals surface area contributed by atoms with E-state index in [-0.39, 0.29) is 30.7 Å². The van der Waals surface area contributed by atoms with E-state index in [1.165, 1.54) is 4.88 Å². The molecule has 27 heavy (non-hydrogen) atoms. The van der Waals surface area contributed by atoms with Crippen LogP contribution in [0.5, 0.6) is 0 Å². The van der Waals surface area contributed by atoms with Crippen molar-refractivity contribution >= 4 is 40.6 Å².